The fourth-order valence-electron chi connectivity index (χ4n) is 8.55. The maximum absolute atomic E-state index is 3.74. The predicted octanol–water partition coefficient (Wildman–Crippen LogP) is 14.8. The molecule has 0 saturated heterocycles. The zero-order valence-electron chi connectivity index (χ0n) is 29.8. The third kappa shape index (κ3) is 5.31. The highest BCUT2D eigenvalue weighted by atomic mass is 79.9. The molecule has 0 fully saturated rings. The second-order valence-electron chi connectivity index (χ2n) is 14.3. The van der Waals surface area contributed by atoms with Crippen molar-refractivity contribution in [1.29, 1.82) is 0 Å². The molecule has 258 valence electrons. The number of rotatable bonds is 5. The molecule has 9 aromatic carbocycles. The molecule has 0 bridgehead atoms. The molecule has 2 aromatic heterocycles. The Labute approximate surface area is 327 Å². The van der Waals surface area contributed by atoms with Crippen molar-refractivity contribution in [2.45, 2.75) is 0 Å². The van der Waals surface area contributed by atoms with Crippen molar-refractivity contribution in [3.05, 3.63) is 205 Å². The Morgan fingerprint density at radius 3 is 1.40 bits per heavy atom. The molecule has 2 heterocycles. The molecule has 0 atom stereocenters. The molecule has 0 amide bonds. The summed E-state index contributed by atoms with van der Waals surface area (Å²) in [6.07, 6.45) is 0. The van der Waals surface area contributed by atoms with E-state index in [1.807, 2.05) is 0 Å². The quantitative estimate of drug-likeness (QED) is 0.165. The van der Waals surface area contributed by atoms with Gasteiger partial charge >= 0.3 is 0 Å². The van der Waals surface area contributed by atoms with Crippen molar-refractivity contribution in [2.75, 3.05) is 0 Å². The first kappa shape index (κ1) is 31.8. The molecule has 0 N–H and O–H groups in total. The van der Waals surface area contributed by atoms with Gasteiger partial charge in [0.2, 0.25) is 0 Å². The van der Waals surface area contributed by atoms with Gasteiger partial charge in [-0.25, -0.2) is 0 Å². The lowest BCUT2D eigenvalue weighted by Crippen LogP contribution is -1.94. The first-order chi connectivity index (χ1) is 27.2. The Morgan fingerprint density at radius 1 is 0.273 bits per heavy atom. The van der Waals surface area contributed by atoms with Gasteiger partial charge in [0.05, 0.1) is 22.1 Å². The highest BCUT2D eigenvalue weighted by Gasteiger charge is 2.17. The highest BCUT2D eigenvalue weighted by Crippen LogP contribution is 2.40. The summed E-state index contributed by atoms with van der Waals surface area (Å²) in [6, 6.07) is 73.1. The van der Waals surface area contributed by atoms with Crippen LogP contribution in [0.3, 0.4) is 0 Å². The zero-order chi connectivity index (χ0) is 36.5. The Morgan fingerprint density at radius 2 is 0.782 bits per heavy atom. The molecule has 11 aromatic rings. The van der Waals surface area contributed by atoms with Gasteiger partial charge < -0.3 is 9.13 Å². The highest BCUT2D eigenvalue weighted by molar-refractivity contribution is 9.10. The van der Waals surface area contributed by atoms with Gasteiger partial charge in [-0.05, 0) is 135 Å². The standard InChI is InChI=1S/C52H33BrN2/c53-42-14-10-13-35(30-42)39-27-40(37-22-25-51-47(32-37)45-17-6-8-19-49(45)54(51)43-15-2-1-3-16-43)29-41(28-39)38-23-26-52-48(33-38)46-18-7-9-20-50(46)55(52)44-24-21-34-11-4-5-12-36(34)31-44/h1-33H. The zero-order valence-corrected chi connectivity index (χ0v) is 31.4. The molecule has 2 nitrogen and oxygen atoms in total. The number of nitrogens with zero attached hydrogens (tertiary/aromatic N) is 2. The molecule has 0 radical (unpaired) electrons. The number of benzene rings is 9. The third-order valence-corrected chi connectivity index (χ3v) is 11.6. The van der Waals surface area contributed by atoms with Crippen molar-refractivity contribution < 1.29 is 0 Å². The van der Waals surface area contributed by atoms with E-state index in [1.54, 1.807) is 0 Å². The van der Waals surface area contributed by atoms with E-state index in [9.17, 15) is 0 Å². The summed E-state index contributed by atoms with van der Waals surface area (Å²) >= 11 is 3.74. The van der Waals surface area contributed by atoms with E-state index in [4.69, 9.17) is 0 Å². The Hall–Kier alpha value is -6.68. The van der Waals surface area contributed by atoms with E-state index in [-0.39, 0.29) is 0 Å². The summed E-state index contributed by atoms with van der Waals surface area (Å²) in [5, 5.41) is 7.47. The molecule has 0 aliphatic rings. The van der Waals surface area contributed by atoms with Crippen molar-refractivity contribution in [3.63, 3.8) is 0 Å². The molecule has 3 heteroatoms. The van der Waals surface area contributed by atoms with Crippen molar-refractivity contribution in [1.82, 2.24) is 9.13 Å². The lowest BCUT2D eigenvalue weighted by molar-refractivity contribution is 1.18. The van der Waals surface area contributed by atoms with Crippen LogP contribution in [0.5, 0.6) is 0 Å². The van der Waals surface area contributed by atoms with E-state index in [0.717, 1.165) is 10.2 Å². The van der Waals surface area contributed by atoms with Crippen molar-refractivity contribution in [2.24, 2.45) is 0 Å². The molecule has 0 saturated carbocycles. The number of para-hydroxylation sites is 3. The number of hydrogen-bond donors (Lipinski definition) is 0. The number of halogens is 1. The van der Waals surface area contributed by atoms with Gasteiger partial charge in [-0.15, -0.1) is 0 Å². The molecule has 0 unspecified atom stereocenters. The van der Waals surface area contributed by atoms with Gasteiger partial charge in [0.15, 0.2) is 0 Å². The lowest BCUT2D eigenvalue weighted by Gasteiger charge is -2.13. The normalized spacial score (nSPS) is 11.7. The lowest BCUT2D eigenvalue weighted by atomic mass is 9.92. The molecule has 55 heavy (non-hydrogen) atoms. The molecule has 11 rings (SSSR count). The Bertz CT molecular complexity index is 3280. The molecule has 0 aliphatic heterocycles. The minimum Gasteiger partial charge on any atom is -0.309 e. The Balaban J connectivity index is 1.11. The number of aromatic nitrogens is 2. The second kappa shape index (κ2) is 12.7. The van der Waals surface area contributed by atoms with Crippen LogP contribution >= 0.6 is 15.9 Å². The van der Waals surface area contributed by atoms with Crippen molar-refractivity contribution >= 4 is 70.3 Å². The monoisotopic (exact) mass is 764 g/mol. The smallest absolute Gasteiger partial charge is 0.0541 e. The molecule has 0 spiro atoms. The molecule has 0 aliphatic carbocycles. The van der Waals surface area contributed by atoms with Crippen LogP contribution in [0.2, 0.25) is 0 Å². The summed E-state index contributed by atoms with van der Waals surface area (Å²) in [5.41, 5.74) is 14.2. The summed E-state index contributed by atoms with van der Waals surface area (Å²) in [6.45, 7) is 0. The Kier molecular flexibility index (Phi) is 7.36. The summed E-state index contributed by atoms with van der Waals surface area (Å²) in [7, 11) is 0. The van der Waals surface area contributed by atoms with Gasteiger partial charge in [0.25, 0.3) is 0 Å². The SMILES string of the molecule is Brc1cccc(-c2cc(-c3ccc4c(c3)c3ccccc3n4-c3ccccc3)cc(-c3ccc4c(c3)c3ccccc3n4-c3ccc4ccccc4c3)c2)c1. The van der Waals surface area contributed by atoms with E-state index < -0.39 is 0 Å². The van der Waals surface area contributed by atoms with E-state index in [2.05, 4.69) is 225 Å². The third-order valence-electron chi connectivity index (χ3n) is 11.1. The van der Waals surface area contributed by atoms with Gasteiger partial charge in [0, 0.05) is 37.4 Å². The number of hydrogen-bond acceptors (Lipinski definition) is 0. The van der Waals surface area contributed by atoms with E-state index >= 15 is 0 Å². The van der Waals surface area contributed by atoms with Crippen LogP contribution in [0.25, 0.3) is 99.1 Å². The molecular formula is C52H33BrN2. The van der Waals surface area contributed by atoms with Crippen LogP contribution in [0.15, 0.2) is 205 Å². The largest absolute Gasteiger partial charge is 0.309 e. The molecular weight excluding hydrogens is 732 g/mol. The summed E-state index contributed by atoms with van der Waals surface area (Å²) in [5.74, 6) is 0. The van der Waals surface area contributed by atoms with Crippen LogP contribution in [-0.2, 0) is 0 Å². The topological polar surface area (TPSA) is 9.86 Å². The summed E-state index contributed by atoms with van der Waals surface area (Å²) in [4.78, 5) is 0. The van der Waals surface area contributed by atoms with E-state index in [1.165, 1.54) is 93.5 Å². The van der Waals surface area contributed by atoms with Gasteiger partial charge in [-0.2, -0.15) is 0 Å². The minimum atomic E-state index is 1.06. The van der Waals surface area contributed by atoms with Gasteiger partial charge in [0.1, 0.15) is 0 Å². The van der Waals surface area contributed by atoms with Crippen LogP contribution in [0.1, 0.15) is 0 Å². The van der Waals surface area contributed by atoms with Crippen LogP contribution in [0, 0.1) is 0 Å². The van der Waals surface area contributed by atoms with E-state index in [0.29, 0.717) is 0 Å². The van der Waals surface area contributed by atoms with Gasteiger partial charge in [-0.1, -0.05) is 125 Å². The summed E-state index contributed by atoms with van der Waals surface area (Å²) < 4.78 is 5.85. The second-order valence-corrected chi connectivity index (χ2v) is 15.3. The van der Waals surface area contributed by atoms with Crippen LogP contribution in [-0.4, -0.2) is 9.13 Å². The average Bonchev–Trinajstić information content (AvgIpc) is 3.76. The maximum atomic E-state index is 3.74. The van der Waals surface area contributed by atoms with Crippen LogP contribution in [0.4, 0.5) is 0 Å². The van der Waals surface area contributed by atoms with Crippen LogP contribution < -0.4 is 0 Å². The van der Waals surface area contributed by atoms with Gasteiger partial charge in [-0.3, -0.25) is 0 Å². The predicted molar refractivity (Wildman–Crippen MR) is 237 cm³/mol. The first-order valence-electron chi connectivity index (χ1n) is 18.7. The maximum Gasteiger partial charge on any atom is 0.0541 e. The fourth-order valence-corrected chi connectivity index (χ4v) is 8.95. The fraction of sp³-hybridized carbons (Fsp3) is 0. The number of fused-ring (bicyclic) bond motifs is 7. The van der Waals surface area contributed by atoms with Crippen molar-refractivity contribution in [3.8, 4) is 44.8 Å². The minimum absolute atomic E-state index is 1.06. The first-order valence-corrected chi connectivity index (χ1v) is 19.5. The average molecular weight is 766 g/mol.